The van der Waals surface area contributed by atoms with E-state index in [-0.39, 0.29) is 0 Å². The molecule has 4 N–H and O–H groups in total. The summed E-state index contributed by atoms with van der Waals surface area (Å²) < 4.78 is 4.83. The molecule has 5 nitrogen and oxygen atoms in total. The molecule has 0 aliphatic rings. The third-order valence-electron chi connectivity index (χ3n) is 0.408. The molecule has 0 aromatic carbocycles. The van der Waals surface area contributed by atoms with E-state index in [4.69, 9.17) is 14.3 Å². The van der Waals surface area contributed by atoms with Crippen LogP contribution in [0.15, 0.2) is 0 Å². The lowest BCUT2D eigenvalue weighted by Crippen LogP contribution is -2.18. The fourth-order valence-electron chi connectivity index (χ4n) is 0.204. The van der Waals surface area contributed by atoms with Gasteiger partial charge in [-0.05, 0) is 13.8 Å². The molecule has 0 heterocycles. The Labute approximate surface area is 66.7 Å². The predicted molar refractivity (Wildman–Crippen MR) is 43.1 cm³/mol. The van der Waals surface area contributed by atoms with Crippen LogP contribution in [0, 0.1) is 0 Å². The van der Waals surface area contributed by atoms with Crippen molar-refractivity contribution in [2.45, 2.75) is 13.8 Å². The van der Waals surface area contributed by atoms with Crippen molar-refractivity contribution in [2.75, 3.05) is 13.2 Å². The molecule has 0 bridgehead atoms. The van der Waals surface area contributed by atoms with Crippen molar-refractivity contribution < 1.29 is 14.3 Å². The minimum Gasteiger partial charge on any atom is -0.382 e. The number of hydrogen-bond donors (Lipinski definition) is 2. The highest BCUT2D eigenvalue weighted by Crippen LogP contribution is 1.64. The van der Waals surface area contributed by atoms with Crippen molar-refractivity contribution in [3.8, 4) is 0 Å². The number of urea groups is 1. The molecule has 0 radical (unpaired) electrons. The smallest absolute Gasteiger partial charge is 0.309 e. The average Bonchev–Trinajstić information content (AvgIpc) is 1.93. The Morgan fingerprint density at radius 3 is 1.45 bits per heavy atom. The minimum atomic E-state index is -0.833. The number of amides is 2. The lowest BCUT2D eigenvalue weighted by atomic mass is 10.8. The molecule has 0 aromatic rings. The maximum absolute atomic E-state index is 9.00. The molecule has 0 aliphatic carbocycles. The third-order valence-corrected chi connectivity index (χ3v) is 0.408. The van der Waals surface area contributed by atoms with Crippen LogP contribution in [0.2, 0.25) is 0 Å². The maximum Gasteiger partial charge on any atom is 0.309 e. The molecule has 0 aromatic heterocycles. The third kappa shape index (κ3) is 523. The van der Waals surface area contributed by atoms with Gasteiger partial charge in [-0.2, -0.15) is 0 Å². The molecule has 11 heavy (non-hydrogen) atoms. The number of carbonyl (C=O) groups is 2. The van der Waals surface area contributed by atoms with E-state index in [0.717, 1.165) is 13.2 Å². The first-order chi connectivity index (χ1) is 5.15. The summed E-state index contributed by atoms with van der Waals surface area (Å²) in [6, 6.07) is -0.833. The fraction of sp³-hybridized carbons (Fsp3) is 0.667. The Hall–Kier alpha value is -1.10. The van der Waals surface area contributed by atoms with E-state index in [9.17, 15) is 0 Å². The van der Waals surface area contributed by atoms with Crippen LogP contribution in [0.5, 0.6) is 0 Å². The summed E-state index contributed by atoms with van der Waals surface area (Å²) in [6.45, 7) is 7.67. The zero-order chi connectivity index (χ0) is 9.70. The number of ether oxygens (including phenoxy) is 1. The number of nitrogens with two attached hydrogens (primary N) is 2. The summed E-state index contributed by atoms with van der Waals surface area (Å²) in [5, 5.41) is 0. The monoisotopic (exact) mass is 164 g/mol. The molecule has 5 heteroatoms. The minimum absolute atomic E-state index is 0.833. The van der Waals surface area contributed by atoms with Gasteiger partial charge in [-0.3, -0.25) is 0 Å². The van der Waals surface area contributed by atoms with Crippen LogP contribution in [0.25, 0.3) is 0 Å². The van der Waals surface area contributed by atoms with Gasteiger partial charge in [0, 0.05) is 13.2 Å². The Balaban J connectivity index is -0.0000000965. The van der Waals surface area contributed by atoms with E-state index in [1.165, 1.54) is 0 Å². The zero-order valence-corrected chi connectivity index (χ0v) is 7.00. The van der Waals surface area contributed by atoms with Crippen LogP contribution in [-0.4, -0.2) is 26.0 Å². The Morgan fingerprint density at radius 2 is 1.45 bits per heavy atom. The van der Waals surface area contributed by atoms with E-state index in [2.05, 4.69) is 11.5 Å². The Bertz CT molecular complexity index is 72.2. The topological polar surface area (TPSA) is 95.4 Å². The van der Waals surface area contributed by atoms with Crippen molar-refractivity contribution in [3.63, 3.8) is 0 Å². The van der Waals surface area contributed by atoms with Crippen LogP contribution in [0.1, 0.15) is 13.8 Å². The summed E-state index contributed by atoms with van der Waals surface area (Å²) in [6.07, 6.45) is 0. The van der Waals surface area contributed by atoms with E-state index in [0.29, 0.717) is 0 Å². The van der Waals surface area contributed by atoms with E-state index in [1.54, 1.807) is 0 Å². The molecule has 0 fully saturated rings. The largest absolute Gasteiger partial charge is 0.382 e. The summed E-state index contributed by atoms with van der Waals surface area (Å²) in [5.41, 5.74) is 8.50. The van der Waals surface area contributed by atoms with Gasteiger partial charge in [-0.25, -0.2) is 4.79 Å². The highest BCUT2D eigenvalue weighted by molar-refractivity contribution is 5.69. The van der Waals surface area contributed by atoms with Gasteiger partial charge < -0.3 is 21.0 Å². The number of primary amides is 2. The standard InChI is InChI=1S/C4H10O.CH4N2O.CH2O/c1-3-5-4-2;2-1(3)4;1-2/h3-4H2,1-2H3;(H4,2,3,4);1H2. The lowest BCUT2D eigenvalue weighted by Gasteiger charge is -1.86. The molecule has 68 valence electrons. The summed E-state index contributed by atoms with van der Waals surface area (Å²) in [7, 11) is 0. The first-order valence-corrected chi connectivity index (χ1v) is 3.06. The average molecular weight is 164 g/mol. The lowest BCUT2D eigenvalue weighted by molar-refractivity contribution is -0.0979. The van der Waals surface area contributed by atoms with E-state index < -0.39 is 6.03 Å². The SMILES string of the molecule is C=O.CCOCC.NC(N)=O. The predicted octanol–water partition coefficient (Wildman–Crippen LogP) is -0.118. The van der Waals surface area contributed by atoms with Gasteiger partial charge in [-0.15, -0.1) is 0 Å². The van der Waals surface area contributed by atoms with Crippen molar-refractivity contribution in [2.24, 2.45) is 11.5 Å². The van der Waals surface area contributed by atoms with Gasteiger partial charge in [0.1, 0.15) is 6.79 Å². The van der Waals surface area contributed by atoms with Gasteiger partial charge >= 0.3 is 6.03 Å². The van der Waals surface area contributed by atoms with Gasteiger partial charge in [0.2, 0.25) is 0 Å². The number of hydrogen-bond acceptors (Lipinski definition) is 3. The van der Waals surface area contributed by atoms with Crippen molar-refractivity contribution in [1.82, 2.24) is 0 Å². The van der Waals surface area contributed by atoms with Crippen LogP contribution in [0.3, 0.4) is 0 Å². The van der Waals surface area contributed by atoms with Gasteiger partial charge in [-0.1, -0.05) is 0 Å². The molecule has 0 aliphatic heterocycles. The Morgan fingerprint density at radius 1 is 1.27 bits per heavy atom. The summed E-state index contributed by atoms with van der Waals surface area (Å²) in [4.78, 5) is 17.0. The zero-order valence-electron chi connectivity index (χ0n) is 7.00. The van der Waals surface area contributed by atoms with Gasteiger partial charge in [0.05, 0.1) is 0 Å². The molecule has 2 amide bonds. The van der Waals surface area contributed by atoms with Crippen LogP contribution >= 0.6 is 0 Å². The summed E-state index contributed by atoms with van der Waals surface area (Å²) in [5.74, 6) is 0. The molecule has 0 saturated carbocycles. The molecule has 0 rings (SSSR count). The first kappa shape index (κ1) is 16.5. The normalized spacial score (nSPS) is 6.36. The second-order valence-electron chi connectivity index (χ2n) is 1.18. The summed E-state index contributed by atoms with van der Waals surface area (Å²) >= 11 is 0. The first-order valence-electron chi connectivity index (χ1n) is 3.06. The van der Waals surface area contributed by atoms with Crippen molar-refractivity contribution in [3.05, 3.63) is 0 Å². The van der Waals surface area contributed by atoms with E-state index in [1.807, 2.05) is 20.6 Å². The Kier molecular flexibility index (Phi) is 34.6. The number of rotatable bonds is 2. The van der Waals surface area contributed by atoms with Crippen molar-refractivity contribution in [1.29, 1.82) is 0 Å². The van der Waals surface area contributed by atoms with Crippen LogP contribution in [-0.2, 0) is 9.53 Å². The fourth-order valence-corrected chi connectivity index (χ4v) is 0.204. The highest BCUT2D eigenvalue weighted by Gasteiger charge is 1.64. The van der Waals surface area contributed by atoms with Crippen LogP contribution in [0.4, 0.5) is 4.79 Å². The second kappa shape index (κ2) is 23.1. The number of carbonyl (C=O) groups excluding carboxylic acids is 2. The molecular weight excluding hydrogens is 148 g/mol. The highest BCUT2D eigenvalue weighted by atomic mass is 16.5. The maximum atomic E-state index is 9.00. The van der Waals surface area contributed by atoms with Gasteiger partial charge in [0.25, 0.3) is 0 Å². The van der Waals surface area contributed by atoms with Crippen LogP contribution < -0.4 is 11.5 Å². The molecule has 0 saturated heterocycles. The van der Waals surface area contributed by atoms with Gasteiger partial charge in [0.15, 0.2) is 0 Å². The molecular formula is C6H16N2O3. The molecule has 0 spiro atoms. The molecule has 0 atom stereocenters. The van der Waals surface area contributed by atoms with E-state index >= 15 is 0 Å². The van der Waals surface area contributed by atoms with Crippen molar-refractivity contribution >= 4 is 12.8 Å². The molecule has 0 unspecified atom stereocenters. The quantitative estimate of drug-likeness (QED) is 0.595. The second-order valence-corrected chi connectivity index (χ2v) is 1.18.